The number of carbonyl (C=O) groups is 1. The largest absolute Gasteiger partial charge is 0.325 e. The molecule has 5 heteroatoms. The zero-order valence-electron chi connectivity index (χ0n) is 10.8. The highest BCUT2D eigenvalue weighted by Gasteiger charge is 2.13. The van der Waals surface area contributed by atoms with Crippen molar-refractivity contribution in [1.29, 1.82) is 0 Å². The molecule has 1 N–H and O–H groups in total. The molecular formula is C14H18Cl2N2O. The third-order valence-corrected chi connectivity index (χ3v) is 4.01. The minimum absolute atomic E-state index is 0.000268. The van der Waals surface area contributed by atoms with Crippen LogP contribution in [0.15, 0.2) is 18.2 Å². The molecule has 1 amide bonds. The molecule has 0 unspecified atom stereocenters. The summed E-state index contributed by atoms with van der Waals surface area (Å²) in [6.45, 7) is 2.46. The van der Waals surface area contributed by atoms with Crippen LogP contribution in [-0.4, -0.2) is 30.4 Å². The number of amides is 1. The smallest absolute Gasteiger partial charge is 0.238 e. The van der Waals surface area contributed by atoms with Crippen LogP contribution >= 0.6 is 23.2 Å². The molecule has 0 aliphatic carbocycles. The van der Waals surface area contributed by atoms with Gasteiger partial charge in [0.05, 0.1) is 16.6 Å². The van der Waals surface area contributed by atoms with E-state index in [-0.39, 0.29) is 5.91 Å². The topological polar surface area (TPSA) is 32.3 Å². The van der Waals surface area contributed by atoms with E-state index in [1.165, 1.54) is 25.7 Å². The van der Waals surface area contributed by atoms with Gasteiger partial charge in [-0.2, -0.15) is 0 Å². The standard InChI is InChI=1S/C14H18Cl2N2O/c15-12-6-5-11(9-13(12)16)17-14(19)10-18-7-3-1-2-4-8-18/h5-6,9H,1-4,7-8,10H2,(H,17,19). The van der Waals surface area contributed by atoms with Crippen molar-refractivity contribution in [3.05, 3.63) is 28.2 Å². The molecule has 0 bridgehead atoms. The molecule has 1 fully saturated rings. The molecular weight excluding hydrogens is 283 g/mol. The molecule has 0 radical (unpaired) electrons. The Morgan fingerprint density at radius 1 is 1.11 bits per heavy atom. The van der Waals surface area contributed by atoms with Gasteiger partial charge in [0, 0.05) is 5.69 Å². The van der Waals surface area contributed by atoms with Gasteiger partial charge in [0.15, 0.2) is 0 Å². The third kappa shape index (κ3) is 4.68. The number of halogens is 2. The highest BCUT2D eigenvalue weighted by Crippen LogP contribution is 2.25. The van der Waals surface area contributed by atoms with Gasteiger partial charge >= 0.3 is 0 Å². The Bertz CT molecular complexity index is 443. The lowest BCUT2D eigenvalue weighted by Crippen LogP contribution is -2.33. The number of hydrogen-bond donors (Lipinski definition) is 1. The van der Waals surface area contributed by atoms with Crippen LogP contribution in [0.4, 0.5) is 5.69 Å². The molecule has 104 valence electrons. The molecule has 1 heterocycles. The Kier molecular flexibility index (Phi) is 5.49. The van der Waals surface area contributed by atoms with E-state index >= 15 is 0 Å². The summed E-state index contributed by atoms with van der Waals surface area (Å²) in [4.78, 5) is 14.2. The van der Waals surface area contributed by atoms with Gasteiger partial charge in [-0.1, -0.05) is 36.0 Å². The van der Waals surface area contributed by atoms with Crippen molar-refractivity contribution in [3.8, 4) is 0 Å². The van der Waals surface area contributed by atoms with Gasteiger partial charge in [-0.15, -0.1) is 0 Å². The average Bonchev–Trinajstić information content (AvgIpc) is 2.62. The predicted octanol–water partition coefficient (Wildman–Crippen LogP) is 3.81. The van der Waals surface area contributed by atoms with Crippen LogP contribution in [0.1, 0.15) is 25.7 Å². The first-order valence-corrected chi connectivity index (χ1v) is 7.38. The highest BCUT2D eigenvalue weighted by atomic mass is 35.5. The maximum Gasteiger partial charge on any atom is 0.238 e. The Morgan fingerprint density at radius 2 is 1.79 bits per heavy atom. The number of nitrogens with one attached hydrogen (secondary N) is 1. The maximum atomic E-state index is 12.0. The predicted molar refractivity (Wildman–Crippen MR) is 80.0 cm³/mol. The van der Waals surface area contributed by atoms with Crippen LogP contribution in [-0.2, 0) is 4.79 Å². The molecule has 0 aromatic heterocycles. The van der Waals surface area contributed by atoms with Crippen LogP contribution in [0.3, 0.4) is 0 Å². The maximum absolute atomic E-state index is 12.0. The quantitative estimate of drug-likeness (QED) is 0.920. The minimum Gasteiger partial charge on any atom is -0.325 e. The molecule has 1 saturated heterocycles. The molecule has 0 atom stereocenters. The van der Waals surface area contributed by atoms with Gasteiger partial charge in [0.25, 0.3) is 0 Å². The second-order valence-electron chi connectivity index (χ2n) is 4.87. The Morgan fingerprint density at radius 3 is 2.42 bits per heavy atom. The summed E-state index contributed by atoms with van der Waals surface area (Å²) in [6, 6.07) is 5.12. The van der Waals surface area contributed by atoms with Crippen LogP contribution < -0.4 is 5.32 Å². The fourth-order valence-electron chi connectivity index (χ4n) is 2.27. The lowest BCUT2D eigenvalue weighted by atomic mass is 10.2. The number of rotatable bonds is 3. The Hall–Kier alpha value is -0.770. The first kappa shape index (κ1) is 14.6. The summed E-state index contributed by atoms with van der Waals surface area (Å²) in [5, 5.41) is 3.80. The van der Waals surface area contributed by atoms with E-state index in [9.17, 15) is 4.79 Å². The summed E-state index contributed by atoms with van der Waals surface area (Å²) in [5.74, 6) is 0.000268. The summed E-state index contributed by atoms with van der Waals surface area (Å²) in [5.41, 5.74) is 0.689. The normalized spacial score (nSPS) is 16.9. The van der Waals surface area contributed by atoms with Gasteiger partial charge in [-0.05, 0) is 44.1 Å². The molecule has 3 nitrogen and oxygen atoms in total. The van der Waals surface area contributed by atoms with Crippen LogP contribution in [0.5, 0.6) is 0 Å². The van der Waals surface area contributed by atoms with Crippen LogP contribution in [0.25, 0.3) is 0 Å². The lowest BCUT2D eigenvalue weighted by Gasteiger charge is -2.19. The Labute approximate surface area is 123 Å². The van der Waals surface area contributed by atoms with Crippen LogP contribution in [0.2, 0.25) is 10.0 Å². The number of nitrogens with zero attached hydrogens (tertiary/aromatic N) is 1. The molecule has 1 aliphatic heterocycles. The van der Waals surface area contributed by atoms with Crippen molar-refractivity contribution in [2.75, 3.05) is 25.0 Å². The van der Waals surface area contributed by atoms with Gasteiger partial charge in [0.1, 0.15) is 0 Å². The number of hydrogen-bond acceptors (Lipinski definition) is 2. The highest BCUT2D eigenvalue weighted by molar-refractivity contribution is 6.42. The van der Waals surface area contributed by atoms with E-state index in [1.54, 1.807) is 18.2 Å². The molecule has 19 heavy (non-hydrogen) atoms. The van der Waals surface area contributed by atoms with Crippen molar-refractivity contribution in [3.63, 3.8) is 0 Å². The molecule has 1 aromatic rings. The van der Waals surface area contributed by atoms with E-state index in [2.05, 4.69) is 10.2 Å². The summed E-state index contributed by atoms with van der Waals surface area (Å²) in [7, 11) is 0. The number of carbonyl (C=O) groups excluding carboxylic acids is 1. The van der Waals surface area contributed by atoms with E-state index in [1.807, 2.05) is 0 Å². The molecule has 0 saturated carbocycles. The average molecular weight is 301 g/mol. The number of anilines is 1. The van der Waals surface area contributed by atoms with Crippen molar-refractivity contribution >= 4 is 34.8 Å². The van der Waals surface area contributed by atoms with Gasteiger partial charge < -0.3 is 5.32 Å². The van der Waals surface area contributed by atoms with Crippen molar-refractivity contribution in [2.24, 2.45) is 0 Å². The zero-order valence-corrected chi connectivity index (χ0v) is 12.3. The summed E-state index contributed by atoms with van der Waals surface area (Å²) in [6.07, 6.45) is 4.90. The second kappa shape index (κ2) is 7.13. The first-order chi connectivity index (χ1) is 9.15. The van der Waals surface area contributed by atoms with Crippen molar-refractivity contribution < 1.29 is 4.79 Å². The second-order valence-corrected chi connectivity index (χ2v) is 5.68. The van der Waals surface area contributed by atoms with Crippen molar-refractivity contribution in [2.45, 2.75) is 25.7 Å². The molecule has 1 aliphatic rings. The lowest BCUT2D eigenvalue weighted by molar-refractivity contribution is -0.117. The fraction of sp³-hybridized carbons (Fsp3) is 0.500. The molecule has 2 rings (SSSR count). The third-order valence-electron chi connectivity index (χ3n) is 3.27. The zero-order chi connectivity index (χ0) is 13.7. The first-order valence-electron chi connectivity index (χ1n) is 6.62. The summed E-state index contributed by atoms with van der Waals surface area (Å²) >= 11 is 11.8. The summed E-state index contributed by atoms with van der Waals surface area (Å²) < 4.78 is 0. The fourth-order valence-corrected chi connectivity index (χ4v) is 2.57. The Balaban J connectivity index is 1.87. The van der Waals surface area contributed by atoms with Crippen molar-refractivity contribution in [1.82, 2.24) is 4.90 Å². The van der Waals surface area contributed by atoms with E-state index < -0.39 is 0 Å². The van der Waals surface area contributed by atoms with E-state index in [0.29, 0.717) is 22.3 Å². The van der Waals surface area contributed by atoms with Gasteiger partial charge in [-0.3, -0.25) is 9.69 Å². The van der Waals surface area contributed by atoms with Crippen LogP contribution in [0, 0.1) is 0 Å². The van der Waals surface area contributed by atoms with E-state index in [0.717, 1.165) is 13.1 Å². The van der Waals surface area contributed by atoms with E-state index in [4.69, 9.17) is 23.2 Å². The molecule has 1 aromatic carbocycles. The monoisotopic (exact) mass is 300 g/mol. The van der Waals surface area contributed by atoms with Gasteiger partial charge in [0.2, 0.25) is 5.91 Å². The van der Waals surface area contributed by atoms with Gasteiger partial charge in [-0.25, -0.2) is 0 Å². The minimum atomic E-state index is 0.000268. The molecule has 0 spiro atoms. The number of likely N-dealkylation sites (tertiary alicyclic amines) is 1. The number of benzene rings is 1. The SMILES string of the molecule is O=C(CN1CCCCCC1)Nc1ccc(Cl)c(Cl)c1.